The van der Waals surface area contributed by atoms with Crippen LogP contribution >= 0.6 is 7.60 Å². The maximum Gasteiger partial charge on any atom is 0.356 e. The van der Waals surface area contributed by atoms with Crippen molar-refractivity contribution in [3.8, 4) is 0 Å². The molecule has 0 bridgehead atoms. The molecule has 0 rings (SSSR count). The van der Waals surface area contributed by atoms with Crippen molar-refractivity contribution in [2.45, 2.75) is 46.5 Å². The maximum atomic E-state index is 12.5. The second-order valence-corrected chi connectivity index (χ2v) is 12.4. The van der Waals surface area contributed by atoms with Crippen LogP contribution in [0.15, 0.2) is 11.4 Å². The van der Waals surface area contributed by atoms with Crippen molar-refractivity contribution in [2.24, 2.45) is 0 Å². The highest BCUT2D eigenvalue weighted by molar-refractivity contribution is 7.58. The van der Waals surface area contributed by atoms with Crippen LogP contribution in [0.2, 0.25) is 25.7 Å². The van der Waals surface area contributed by atoms with Gasteiger partial charge in [0.2, 0.25) is 0 Å². The summed E-state index contributed by atoms with van der Waals surface area (Å²) in [5, 5.41) is 0.843. The van der Waals surface area contributed by atoms with E-state index >= 15 is 0 Å². The molecule has 0 aromatic rings. The van der Waals surface area contributed by atoms with E-state index in [2.05, 4.69) is 19.6 Å². The summed E-state index contributed by atoms with van der Waals surface area (Å²) in [7, 11) is -4.34. The zero-order valence-electron chi connectivity index (χ0n) is 11.4. The smallest absolute Gasteiger partial charge is 0.306 e. The Morgan fingerprint density at radius 2 is 1.62 bits per heavy atom. The van der Waals surface area contributed by atoms with Crippen LogP contribution in [0.4, 0.5) is 0 Å². The van der Waals surface area contributed by atoms with Crippen LogP contribution < -0.4 is 0 Å². The van der Waals surface area contributed by atoms with E-state index in [-0.39, 0.29) is 0 Å². The van der Waals surface area contributed by atoms with E-state index in [1.807, 2.05) is 26.8 Å². The molecule has 0 aliphatic heterocycles. The number of hydrogen-bond acceptors (Lipinski definition) is 3. The molecule has 0 aliphatic rings. The Hall–Kier alpha value is 0.107. The van der Waals surface area contributed by atoms with Crippen LogP contribution in [0.1, 0.15) is 20.8 Å². The maximum absolute atomic E-state index is 12.5. The van der Waals surface area contributed by atoms with Gasteiger partial charge in [0, 0.05) is 13.4 Å². The fourth-order valence-corrected chi connectivity index (χ4v) is 6.33. The molecule has 0 radical (unpaired) electrons. The third-order valence-corrected chi connectivity index (χ3v) is 6.05. The fraction of sp³-hybridized carbons (Fsp3) is 0.818. The standard InChI is InChI=1S/C11H25O3PSi/c1-7-11(10-16(4,5)6)15(12,13-8-2)14-9-3/h7H,8-10H2,1-6H3/b11-7+. The molecule has 0 fully saturated rings. The van der Waals surface area contributed by atoms with Gasteiger partial charge in [-0.25, -0.2) is 0 Å². The minimum absolute atomic E-state index is 0.417. The lowest BCUT2D eigenvalue weighted by Gasteiger charge is -2.24. The molecule has 0 aliphatic carbocycles. The highest BCUT2D eigenvalue weighted by Crippen LogP contribution is 2.58. The summed E-state index contributed by atoms with van der Waals surface area (Å²) in [5.41, 5.74) is 0. The predicted molar refractivity (Wildman–Crippen MR) is 72.8 cm³/mol. The first-order valence-corrected chi connectivity index (χ1v) is 11.1. The molecule has 0 aromatic heterocycles. The average molecular weight is 264 g/mol. The van der Waals surface area contributed by atoms with Gasteiger partial charge in [0.1, 0.15) is 0 Å². The van der Waals surface area contributed by atoms with Gasteiger partial charge >= 0.3 is 7.60 Å². The van der Waals surface area contributed by atoms with Gasteiger partial charge in [-0.1, -0.05) is 25.7 Å². The second-order valence-electron chi connectivity index (χ2n) is 4.85. The van der Waals surface area contributed by atoms with Crippen molar-refractivity contribution >= 4 is 15.7 Å². The Morgan fingerprint density at radius 3 is 1.88 bits per heavy atom. The first-order chi connectivity index (χ1) is 7.29. The average Bonchev–Trinajstić information content (AvgIpc) is 2.13. The van der Waals surface area contributed by atoms with E-state index in [1.165, 1.54) is 0 Å². The first kappa shape index (κ1) is 16.1. The summed E-state index contributed by atoms with van der Waals surface area (Å²) in [4.78, 5) is 0. The van der Waals surface area contributed by atoms with Crippen molar-refractivity contribution in [3.63, 3.8) is 0 Å². The molecule has 0 aromatic carbocycles. The van der Waals surface area contributed by atoms with Crippen LogP contribution in [-0.4, -0.2) is 21.3 Å². The van der Waals surface area contributed by atoms with Gasteiger partial charge in [-0.05, 0) is 26.8 Å². The molecule has 3 nitrogen and oxygen atoms in total. The topological polar surface area (TPSA) is 35.5 Å². The van der Waals surface area contributed by atoms with E-state index in [9.17, 15) is 4.57 Å². The lowest BCUT2D eigenvalue weighted by atomic mass is 10.6. The lowest BCUT2D eigenvalue weighted by Crippen LogP contribution is -2.20. The van der Waals surface area contributed by atoms with Gasteiger partial charge in [-0.3, -0.25) is 4.57 Å². The molecule has 96 valence electrons. The van der Waals surface area contributed by atoms with Gasteiger partial charge in [-0.15, -0.1) is 0 Å². The van der Waals surface area contributed by atoms with Crippen molar-refractivity contribution in [1.29, 1.82) is 0 Å². The summed E-state index contributed by atoms with van der Waals surface area (Å²) in [5.74, 6) is 0. The summed E-state index contributed by atoms with van der Waals surface area (Å²) >= 11 is 0. The van der Waals surface area contributed by atoms with E-state index in [4.69, 9.17) is 9.05 Å². The third kappa shape index (κ3) is 5.44. The van der Waals surface area contributed by atoms with Gasteiger partial charge in [-0.2, -0.15) is 0 Å². The molecule has 5 heteroatoms. The highest BCUT2D eigenvalue weighted by Gasteiger charge is 2.32. The van der Waals surface area contributed by atoms with Gasteiger partial charge in [0.05, 0.1) is 13.2 Å². The minimum Gasteiger partial charge on any atom is -0.306 e. The van der Waals surface area contributed by atoms with Crippen molar-refractivity contribution in [2.75, 3.05) is 13.2 Å². The van der Waals surface area contributed by atoms with Crippen LogP contribution in [-0.2, 0) is 13.6 Å². The third-order valence-electron chi connectivity index (χ3n) is 1.99. The number of allylic oxidation sites excluding steroid dienone is 2. The SMILES string of the molecule is C/C=C(\C[Si](C)(C)C)P(=O)(OCC)OCC. The fourth-order valence-electron chi connectivity index (χ4n) is 1.44. The molecule has 0 N–H and O–H groups in total. The zero-order valence-corrected chi connectivity index (χ0v) is 13.3. The van der Waals surface area contributed by atoms with E-state index in [0.717, 1.165) is 11.4 Å². The largest absolute Gasteiger partial charge is 0.356 e. The summed E-state index contributed by atoms with van der Waals surface area (Å²) in [6.45, 7) is 13.2. The molecule has 16 heavy (non-hydrogen) atoms. The molecule has 0 atom stereocenters. The minimum atomic E-state index is -3.03. The van der Waals surface area contributed by atoms with E-state index < -0.39 is 15.7 Å². The predicted octanol–water partition coefficient (Wildman–Crippen LogP) is 4.49. The number of hydrogen-bond donors (Lipinski definition) is 0. The zero-order chi connectivity index (χ0) is 12.8. The molecule has 0 unspecified atom stereocenters. The molecule has 0 saturated carbocycles. The highest BCUT2D eigenvalue weighted by atomic mass is 31.2. The second kappa shape index (κ2) is 6.75. The Kier molecular flexibility index (Phi) is 6.79. The van der Waals surface area contributed by atoms with E-state index in [0.29, 0.717) is 13.2 Å². The van der Waals surface area contributed by atoms with Crippen LogP contribution in [0.3, 0.4) is 0 Å². The lowest BCUT2D eigenvalue weighted by molar-refractivity contribution is 0.226. The first-order valence-electron chi connectivity index (χ1n) is 5.84. The molecule has 0 saturated heterocycles. The Balaban J connectivity index is 4.95. The Morgan fingerprint density at radius 1 is 1.19 bits per heavy atom. The molecular weight excluding hydrogens is 239 g/mol. The van der Waals surface area contributed by atoms with Crippen LogP contribution in [0.5, 0.6) is 0 Å². The van der Waals surface area contributed by atoms with Gasteiger partial charge < -0.3 is 9.05 Å². The van der Waals surface area contributed by atoms with E-state index in [1.54, 1.807) is 0 Å². The van der Waals surface area contributed by atoms with Gasteiger partial charge in [0.25, 0.3) is 0 Å². The Labute approximate surface area is 101 Å². The quantitative estimate of drug-likeness (QED) is 0.502. The molecule has 0 spiro atoms. The molecule has 0 amide bonds. The summed E-state index contributed by atoms with van der Waals surface area (Å²) in [6.07, 6.45) is 1.89. The van der Waals surface area contributed by atoms with Crippen LogP contribution in [0.25, 0.3) is 0 Å². The molecule has 0 heterocycles. The molecular formula is C11H25O3PSi. The summed E-state index contributed by atoms with van der Waals surface area (Å²) in [6, 6.07) is 0.862. The number of rotatable bonds is 7. The van der Waals surface area contributed by atoms with Crippen molar-refractivity contribution in [3.05, 3.63) is 11.4 Å². The van der Waals surface area contributed by atoms with Gasteiger partial charge in [0.15, 0.2) is 0 Å². The van der Waals surface area contributed by atoms with Crippen molar-refractivity contribution < 1.29 is 13.6 Å². The normalized spacial score (nSPS) is 14.2. The summed E-state index contributed by atoms with van der Waals surface area (Å²) < 4.78 is 23.2. The Bertz CT molecular complexity index is 271. The monoisotopic (exact) mass is 264 g/mol. The van der Waals surface area contributed by atoms with Crippen LogP contribution in [0, 0.1) is 0 Å². The van der Waals surface area contributed by atoms with Crippen molar-refractivity contribution in [1.82, 2.24) is 0 Å².